The van der Waals surface area contributed by atoms with Crippen LogP contribution < -0.4 is 10.6 Å². The van der Waals surface area contributed by atoms with Crippen molar-refractivity contribution in [1.82, 2.24) is 25.4 Å². The van der Waals surface area contributed by atoms with E-state index < -0.39 is 0 Å². The summed E-state index contributed by atoms with van der Waals surface area (Å²) in [6.45, 7) is 5.45. The Morgan fingerprint density at radius 2 is 1.71 bits per heavy atom. The number of nitrogens with one attached hydrogen (secondary N) is 2. The Labute approximate surface area is 201 Å². The van der Waals surface area contributed by atoms with Gasteiger partial charge in [0.1, 0.15) is 12.4 Å². The quantitative estimate of drug-likeness (QED) is 0.272. The monoisotopic (exact) mass is 530 g/mol. The van der Waals surface area contributed by atoms with Crippen molar-refractivity contribution in [1.29, 1.82) is 0 Å². The van der Waals surface area contributed by atoms with Crippen LogP contribution in [0.3, 0.4) is 0 Å². The Kier molecular flexibility index (Phi) is 7.69. The van der Waals surface area contributed by atoms with Gasteiger partial charge < -0.3 is 15.2 Å². The van der Waals surface area contributed by atoms with Gasteiger partial charge in [-0.05, 0) is 37.8 Å². The van der Waals surface area contributed by atoms with Gasteiger partial charge in [0.05, 0.1) is 6.04 Å². The first-order valence-electron chi connectivity index (χ1n) is 10.6. The molecule has 1 aromatic heterocycles. The van der Waals surface area contributed by atoms with Crippen LogP contribution in [0, 0.1) is 6.92 Å². The van der Waals surface area contributed by atoms with Crippen LogP contribution in [0.1, 0.15) is 48.6 Å². The molecule has 0 spiro atoms. The number of aliphatic imine (C=N–C) groups is 1. The summed E-state index contributed by atoms with van der Waals surface area (Å²) in [6, 6.07) is 21.4. The zero-order valence-corrected chi connectivity index (χ0v) is 20.7. The van der Waals surface area contributed by atoms with Crippen molar-refractivity contribution in [3.8, 4) is 0 Å². The summed E-state index contributed by atoms with van der Waals surface area (Å²) < 4.78 is 1.98. The second kappa shape index (κ2) is 10.3. The topological polar surface area (TPSA) is 67.1 Å². The maximum absolute atomic E-state index is 4.83. The van der Waals surface area contributed by atoms with Crippen LogP contribution in [-0.4, -0.2) is 27.3 Å². The Balaban J connectivity index is 0.00000272. The molecular weight excluding hydrogens is 499 g/mol. The van der Waals surface area contributed by atoms with E-state index in [2.05, 4.69) is 82.4 Å². The molecule has 4 rings (SSSR count). The van der Waals surface area contributed by atoms with Crippen molar-refractivity contribution in [2.75, 3.05) is 6.54 Å². The number of hydrogen-bond acceptors (Lipinski definition) is 3. The smallest absolute Gasteiger partial charge is 0.192 e. The van der Waals surface area contributed by atoms with Gasteiger partial charge in [0.15, 0.2) is 11.8 Å². The van der Waals surface area contributed by atoms with Gasteiger partial charge in [0.25, 0.3) is 0 Å². The largest absolute Gasteiger partial charge is 0.355 e. The summed E-state index contributed by atoms with van der Waals surface area (Å²) in [4.78, 5) is 4.83. The Morgan fingerprint density at radius 1 is 1.06 bits per heavy atom. The third-order valence-electron chi connectivity index (χ3n) is 6.05. The molecule has 1 atom stereocenters. The highest BCUT2D eigenvalue weighted by molar-refractivity contribution is 14.0. The van der Waals surface area contributed by atoms with E-state index in [0.717, 1.165) is 24.2 Å². The van der Waals surface area contributed by atoms with Crippen molar-refractivity contribution in [3.05, 3.63) is 83.4 Å². The van der Waals surface area contributed by atoms with Gasteiger partial charge in [-0.1, -0.05) is 60.7 Å². The highest BCUT2D eigenvalue weighted by atomic mass is 127. The minimum Gasteiger partial charge on any atom is -0.355 e. The molecule has 0 amide bonds. The first-order valence-corrected chi connectivity index (χ1v) is 10.6. The minimum absolute atomic E-state index is 0. The standard InChI is InChI=1S/C24H30N6.HI/c1-18(20-10-6-4-7-11-20)27-23(25-16-22-29-28-19(2)30(22)3)26-17-24(14-15-24)21-12-8-5-9-13-21;/h4-13,18H,14-17H2,1-3H3,(H2,25,26,27);1H. The van der Waals surface area contributed by atoms with Crippen LogP contribution >= 0.6 is 24.0 Å². The van der Waals surface area contributed by atoms with Crippen molar-refractivity contribution in [2.45, 2.75) is 44.7 Å². The van der Waals surface area contributed by atoms with Crippen LogP contribution in [-0.2, 0) is 19.0 Å². The SMILES string of the molecule is Cc1nnc(CN=C(NCC2(c3ccccc3)CC2)NC(C)c2ccccc2)n1C.I. The Morgan fingerprint density at radius 3 is 2.29 bits per heavy atom. The number of nitrogens with zero attached hydrogens (tertiary/aromatic N) is 4. The van der Waals surface area contributed by atoms with Crippen molar-refractivity contribution in [3.63, 3.8) is 0 Å². The highest BCUT2D eigenvalue weighted by Gasteiger charge is 2.44. The number of rotatable bonds is 7. The summed E-state index contributed by atoms with van der Waals surface area (Å²) in [6.07, 6.45) is 2.40. The molecule has 0 bridgehead atoms. The molecule has 1 fully saturated rings. The van der Waals surface area contributed by atoms with E-state index in [0.29, 0.717) is 6.54 Å². The zero-order chi connectivity index (χ0) is 21.0. The molecule has 31 heavy (non-hydrogen) atoms. The van der Waals surface area contributed by atoms with Gasteiger partial charge in [-0.2, -0.15) is 0 Å². The summed E-state index contributed by atoms with van der Waals surface area (Å²) in [5.74, 6) is 2.54. The number of aromatic nitrogens is 3. The van der Waals surface area contributed by atoms with Gasteiger partial charge in [-0.15, -0.1) is 34.2 Å². The molecule has 1 aliphatic rings. The molecular formula is C24H31IN6. The molecule has 3 aromatic rings. The molecule has 7 heteroatoms. The van der Waals surface area contributed by atoms with Gasteiger partial charge in [-0.3, -0.25) is 0 Å². The van der Waals surface area contributed by atoms with E-state index in [-0.39, 0.29) is 35.4 Å². The average molecular weight is 530 g/mol. The fourth-order valence-corrected chi connectivity index (χ4v) is 3.68. The van der Waals surface area contributed by atoms with E-state index in [9.17, 15) is 0 Å². The van der Waals surface area contributed by atoms with E-state index in [1.807, 2.05) is 24.6 Å². The average Bonchev–Trinajstić information content (AvgIpc) is 3.52. The maximum atomic E-state index is 4.83. The lowest BCUT2D eigenvalue weighted by molar-refractivity contribution is 0.622. The lowest BCUT2D eigenvalue weighted by Gasteiger charge is -2.22. The summed E-state index contributed by atoms with van der Waals surface area (Å²) >= 11 is 0. The van der Waals surface area contributed by atoms with Crippen LogP contribution in [0.2, 0.25) is 0 Å². The normalized spacial score (nSPS) is 15.6. The van der Waals surface area contributed by atoms with E-state index in [1.165, 1.54) is 24.0 Å². The highest BCUT2D eigenvalue weighted by Crippen LogP contribution is 2.47. The maximum Gasteiger partial charge on any atom is 0.192 e. The molecule has 0 saturated heterocycles. The van der Waals surface area contributed by atoms with Gasteiger partial charge >= 0.3 is 0 Å². The van der Waals surface area contributed by atoms with Crippen molar-refractivity contribution in [2.24, 2.45) is 12.0 Å². The second-order valence-electron chi connectivity index (χ2n) is 8.16. The van der Waals surface area contributed by atoms with Crippen molar-refractivity contribution < 1.29 is 0 Å². The molecule has 1 aliphatic carbocycles. The lowest BCUT2D eigenvalue weighted by Crippen LogP contribution is -2.42. The van der Waals surface area contributed by atoms with Gasteiger partial charge in [-0.25, -0.2) is 4.99 Å². The molecule has 1 saturated carbocycles. The molecule has 6 nitrogen and oxygen atoms in total. The molecule has 1 heterocycles. The molecule has 164 valence electrons. The Bertz CT molecular complexity index is 995. The summed E-state index contributed by atoms with van der Waals surface area (Å²) in [5.41, 5.74) is 2.84. The Hall–Kier alpha value is -2.42. The third-order valence-corrected chi connectivity index (χ3v) is 6.05. The molecule has 1 unspecified atom stereocenters. The first-order chi connectivity index (χ1) is 14.6. The predicted molar refractivity (Wildman–Crippen MR) is 136 cm³/mol. The third kappa shape index (κ3) is 5.64. The molecule has 0 aliphatic heterocycles. The van der Waals surface area contributed by atoms with E-state index in [1.54, 1.807) is 0 Å². The molecule has 2 N–H and O–H groups in total. The fourth-order valence-electron chi connectivity index (χ4n) is 3.68. The molecule has 0 radical (unpaired) electrons. The second-order valence-corrected chi connectivity index (χ2v) is 8.16. The van der Waals surface area contributed by atoms with Gasteiger partial charge in [0, 0.05) is 19.0 Å². The summed E-state index contributed by atoms with van der Waals surface area (Å²) in [7, 11) is 1.97. The minimum atomic E-state index is 0. The number of guanidine groups is 1. The number of aryl methyl sites for hydroxylation is 1. The van der Waals surface area contributed by atoms with Crippen LogP contribution in [0.5, 0.6) is 0 Å². The zero-order valence-electron chi connectivity index (χ0n) is 18.4. The van der Waals surface area contributed by atoms with Crippen LogP contribution in [0.25, 0.3) is 0 Å². The number of benzene rings is 2. The number of halogens is 1. The first kappa shape index (κ1) is 23.2. The van der Waals surface area contributed by atoms with Crippen LogP contribution in [0.15, 0.2) is 65.7 Å². The van der Waals surface area contributed by atoms with E-state index in [4.69, 9.17) is 4.99 Å². The lowest BCUT2D eigenvalue weighted by atomic mass is 9.96. The van der Waals surface area contributed by atoms with E-state index >= 15 is 0 Å². The molecule has 2 aromatic carbocycles. The van der Waals surface area contributed by atoms with Gasteiger partial charge in [0.2, 0.25) is 0 Å². The fraction of sp³-hybridized carbons (Fsp3) is 0.375. The van der Waals surface area contributed by atoms with Crippen molar-refractivity contribution >= 4 is 29.9 Å². The number of hydrogen-bond donors (Lipinski definition) is 2. The summed E-state index contributed by atoms with van der Waals surface area (Å²) in [5, 5.41) is 15.5. The predicted octanol–water partition coefficient (Wildman–Crippen LogP) is 4.27. The van der Waals surface area contributed by atoms with Crippen LogP contribution in [0.4, 0.5) is 0 Å².